The maximum atomic E-state index is 12.2. The zero-order chi connectivity index (χ0) is 20.2. The Morgan fingerprint density at radius 1 is 1.10 bits per heavy atom. The number of amides is 1. The van der Waals surface area contributed by atoms with Gasteiger partial charge in [-0.25, -0.2) is 4.98 Å². The van der Waals surface area contributed by atoms with Gasteiger partial charge in [0.25, 0.3) is 5.91 Å². The quantitative estimate of drug-likeness (QED) is 0.675. The van der Waals surface area contributed by atoms with E-state index in [1.165, 1.54) is 15.8 Å². The van der Waals surface area contributed by atoms with Crippen molar-refractivity contribution >= 4 is 32.6 Å². The van der Waals surface area contributed by atoms with Crippen LogP contribution in [0, 0.1) is 6.92 Å². The first-order chi connectivity index (χ1) is 14.1. The zero-order valence-electron chi connectivity index (χ0n) is 17.1. The average molecular weight is 409 g/mol. The van der Waals surface area contributed by atoms with Gasteiger partial charge in [0.05, 0.1) is 10.2 Å². The number of piperazine rings is 1. The molecule has 1 amide bonds. The molecule has 1 aliphatic heterocycles. The molecule has 1 aliphatic rings. The second-order valence-electron chi connectivity index (χ2n) is 7.56. The van der Waals surface area contributed by atoms with E-state index in [2.05, 4.69) is 40.2 Å². The van der Waals surface area contributed by atoms with Crippen molar-refractivity contribution in [1.82, 2.24) is 15.2 Å². The minimum absolute atomic E-state index is 0.00448. The van der Waals surface area contributed by atoms with Crippen molar-refractivity contribution in [2.45, 2.75) is 20.3 Å². The van der Waals surface area contributed by atoms with Gasteiger partial charge in [-0.1, -0.05) is 48.1 Å². The van der Waals surface area contributed by atoms with Gasteiger partial charge in [-0.15, -0.1) is 0 Å². The lowest BCUT2D eigenvalue weighted by Gasteiger charge is -2.34. The zero-order valence-corrected chi connectivity index (χ0v) is 18.0. The van der Waals surface area contributed by atoms with Crippen molar-refractivity contribution in [2.24, 2.45) is 0 Å². The lowest BCUT2D eigenvalue weighted by molar-refractivity contribution is 0.0948. The van der Waals surface area contributed by atoms with Crippen LogP contribution < -0.4 is 10.2 Å². The Balaban J connectivity index is 1.26. The third kappa shape index (κ3) is 4.60. The Morgan fingerprint density at radius 3 is 2.59 bits per heavy atom. The number of para-hydroxylation sites is 1. The number of fused-ring (bicyclic) bond motifs is 1. The number of carbonyl (C=O) groups excluding carboxylic acids is 1. The van der Waals surface area contributed by atoms with Crippen molar-refractivity contribution in [2.75, 3.05) is 44.2 Å². The Bertz CT molecular complexity index is 974. The van der Waals surface area contributed by atoms with Crippen molar-refractivity contribution in [3.05, 3.63) is 59.2 Å². The molecule has 1 N–H and O–H groups in total. The molecule has 1 aromatic heterocycles. The van der Waals surface area contributed by atoms with Crippen molar-refractivity contribution in [3.8, 4) is 0 Å². The van der Waals surface area contributed by atoms with Crippen LogP contribution in [0.2, 0.25) is 0 Å². The van der Waals surface area contributed by atoms with E-state index in [9.17, 15) is 4.79 Å². The SMILES string of the molecule is CCc1cccc2sc(N3CCN(CCNC(=O)c4ccc(C)cc4)CC3)nc12. The Morgan fingerprint density at radius 2 is 1.86 bits per heavy atom. The highest BCUT2D eigenvalue weighted by molar-refractivity contribution is 7.22. The number of hydrogen-bond donors (Lipinski definition) is 1. The van der Waals surface area contributed by atoms with Crippen LogP contribution >= 0.6 is 11.3 Å². The molecule has 0 atom stereocenters. The molecule has 1 saturated heterocycles. The molecule has 0 bridgehead atoms. The second-order valence-corrected chi connectivity index (χ2v) is 8.57. The fraction of sp³-hybridized carbons (Fsp3) is 0.391. The smallest absolute Gasteiger partial charge is 0.251 e. The summed E-state index contributed by atoms with van der Waals surface area (Å²) in [6.45, 7) is 9.72. The lowest BCUT2D eigenvalue weighted by atomic mass is 10.1. The van der Waals surface area contributed by atoms with Crippen LogP contribution in [0.5, 0.6) is 0 Å². The summed E-state index contributed by atoms with van der Waals surface area (Å²) in [5, 5.41) is 4.17. The molecular weight excluding hydrogens is 380 g/mol. The van der Waals surface area contributed by atoms with Crippen LogP contribution in [-0.4, -0.2) is 55.1 Å². The summed E-state index contributed by atoms with van der Waals surface area (Å²) < 4.78 is 1.28. The average Bonchev–Trinajstić information content (AvgIpc) is 3.19. The van der Waals surface area contributed by atoms with Gasteiger partial charge in [-0.05, 0) is 37.1 Å². The van der Waals surface area contributed by atoms with Crippen LogP contribution in [0.25, 0.3) is 10.2 Å². The molecule has 29 heavy (non-hydrogen) atoms. The number of aryl methyl sites for hydroxylation is 2. The van der Waals surface area contributed by atoms with E-state index in [4.69, 9.17) is 4.98 Å². The number of aromatic nitrogens is 1. The summed E-state index contributed by atoms with van der Waals surface area (Å²) in [7, 11) is 0. The molecule has 0 spiro atoms. The number of rotatable bonds is 6. The Hall–Kier alpha value is -2.44. The molecule has 5 nitrogen and oxygen atoms in total. The van der Waals surface area contributed by atoms with E-state index >= 15 is 0 Å². The summed E-state index contributed by atoms with van der Waals surface area (Å²) in [5.74, 6) is 0.00448. The summed E-state index contributed by atoms with van der Waals surface area (Å²) in [5.41, 5.74) is 4.38. The molecule has 4 rings (SSSR count). The first-order valence-electron chi connectivity index (χ1n) is 10.3. The predicted octanol–water partition coefficient (Wildman–Crippen LogP) is 3.72. The third-order valence-corrected chi connectivity index (χ3v) is 6.62. The molecule has 0 unspecified atom stereocenters. The standard InChI is InChI=1S/C23H28N4OS/c1-3-18-5-4-6-20-21(18)25-23(29-20)27-15-13-26(14-16-27)12-11-24-22(28)19-9-7-17(2)8-10-19/h4-10H,3,11-16H2,1-2H3,(H,24,28). The van der Waals surface area contributed by atoms with Crippen molar-refractivity contribution in [3.63, 3.8) is 0 Å². The van der Waals surface area contributed by atoms with Crippen LogP contribution in [0.1, 0.15) is 28.4 Å². The molecule has 1 fully saturated rings. The van der Waals surface area contributed by atoms with E-state index in [-0.39, 0.29) is 5.91 Å². The minimum Gasteiger partial charge on any atom is -0.351 e. The first kappa shape index (κ1) is 19.9. The highest BCUT2D eigenvalue weighted by Gasteiger charge is 2.20. The fourth-order valence-corrected chi connectivity index (χ4v) is 4.78. The van der Waals surface area contributed by atoms with Crippen LogP contribution in [0.15, 0.2) is 42.5 Å². The van der Waals surface area contributed by atoms with E-state index in [0.29, 0.717) is 6.54 Å². The van der Waals surface area contributed by atoms with Crippen molar-refractivity contribution in [1.29, 1.82) is 0 Å². The molecule has 152 valence electrons. The lowest BCUT2D eigenvalue weighted by Crippen LogP contribution is -2.48. The summed E-state index contributed by atoms with van der Waals surface area (Å²) >= 11 is 1.79. The van der Waals surface area contributed by atoms with E-state index in [1.807, 2.05) is 31.2 Å². The predicted molar refractivity (Wildman–Crippen MR) is 121 cm³/mol. The highest BCUT2D eigenvalue weighted by Crippen LogP contribution is 2.31. The number of nitrogens with zero attached hydrogens (tertiary/aromatic N) is 3. The number of hydrogen-bond acceptors (Lipinski definition) is 5. The van der Waals surface area contributed by atoms with E-state index in [0.717, 1.165) is 55.4 Å². The summed E-state index contributed by atoms with van der Waals surface area (Å²) in [4.78, 5) is 22.0. The van der Waals surface area contributed by atoms with E-state index < -0.39 is 0 Å². The van der Waals surface area contributed by atoms with Crippen LogP contribution in [0.4, 0.5) is 5.13 Å². The van der Waals surface area contributed by atoms with E-state index in [1.54, 1.807) is 11.3 Å². The van der Waals surface area contributed by atoms with Gasteiger partial charge in [-0.2, -0.15) is 0 Å². The van der Waals surface area contributed by atoms with Gasteiger partial charge in [0.15, 0.2) is 5.13 Å². The van der Waals surface area contributed by atoms with Gasteiger partial charge >= 0.3 is 0 Å². The molecule has 0 radical (unpaired) electrons. The summed E-state index contributed by atoms with van der Waals surface area (Å²) in [6.07, 6.45) is 1.02. The summed E-state index contributed by atoms with van der Waals surface area (Å²) in [6, 6.07) is 14.2. The normalized spacial score (nSPS) is 15.0. The van der Waals surface area contributed by atoms with Crippen molar-refractivity contribution < 1.29 is 4.79 Å². The van der Waals surface area contributed by atoms with Crippen LogP contribution in [0.3, 0.4) is 0 Å². The molecule has 2 heterocycles. The second kappa shape index (κ2) is 8.93. The minimum atomic E-state index is 0.00448. The Labute approximate surface area is 176 Å². The van der Waals surface area contributed by atoms with Gasteiger partial charge in [0.1, 0.15) is 0 Å². The topological polar surface area (TPSA) is 48.5 Å². The van der Waals surface area contributed by atoms with Crippen LogP contribution in [-0.2, 0) is 6.42 Å². The molecule has 0 saturated carbocycles. The van der Waals surface area contributed by atoms with Gasteiger partial charge in [0.2, 0.25) is 0 Å². The molecule has 6 heteroatoms. The number of thiazole rings is 1. The number of anilines is 1. The van der Waals surface area contributed by atoms with Gasteiger partial charge in [0, 0.05) is 44.8 Å². The maximum Gasteiger partial charge on any atom is 0.251 e. The molecule has 2 aromatic carbocycles. The number of nitrogens with one attached hydrogen (secondary N) is 1. The number of carbonyl (C=O) groups is 1. The molecular formula is C23H28N4OS. The maximum absolute atomic E-state index is 12.2. The monoisotopic (exact) mass is 408 g/mol. The largest absolute Gasteiger partial charge is 0.351 e. The number of benzene rings is 2. The Kier molecular flexibility index (Phi) is 6.11. The van der Waals surface area contributed by atoms with Gasteiger partial charge < -0.3 is 10.2 Å². The molecule has 3 aromatic rings. The van der Waals surface area contributed by atoms with Gasteiger partial charge in [-0.3, -0.25) is 9.69 Å². The first-order valence-corrected chi connectivity index (χ1v) is 11.2. The molecule has 0 aliphatic carbocycles. The fourth-order valence-electron chi connectivity index (χ4n) is 3.71. The highest BCUT2D eigenvalue weighted by atomic mass is 32.1. The third-order valence-electron chi connectivity index (χ3n) is 5.54.